The molecule has 1 heterocycles. The van der Waals surface area contributed by atoms with Crippen LogP contribution in [0, 0.1) is 24.6 Å². The van der Waals surface area contributed by atoms with Crippen molar-refractivity contribution < 1.29 is 9.18 Å². The third kappa shape index (κ3) is 3.27. The summed E-state index contributed by atoms with van der Waals surface area (Å²) in [7, 11) is 1.75. The van der Waals surface area contributed by atoms with Crippen molar-refractivity contribution in [1.82, 2.24) is 9.78 Å². The van der Waals surface area contributed by atoms with E-state index in [9.17, 15) is 9.18 Å². The van der Waals surface area contributed by atoms with Crippen LogP contribution < -0.4 is 11.1 Å². The second-order valence-corrected chi connectivity index (χ2v) is 4.42. The maximum atomic E-state index is 13.8. The number of aryl methyl sites for hydroxylation is 1. The Hall–Kier alpha value is -2.65. The van der Waals surface area contributed by atoms with Crippen molar-refractivity contribution in [3.63, 3.8) is 0 Å². The summed E-state index contributed by atoms with van der Waals surface area (Å²) in [5.74, 6) is 4.37. The molecule has 5 nitrogen and oxygen atoms in total. The fourth-order valence-electron chi connectivity index (χ4n) is 1.76. The smallest absolute Gasteiger partial charge is 0.259 e. The summed E-state index contributed by atoms with van der Waals surface area (Å²) in [6.07, 6.45) is 1.47. The highest BCUT2D eigenvalue weighted by atomic mass is 19.1. The fraction of sp³-hybridized carbons (Fsp3) is 0.200. The van der Waals surface area contributed by atoms with Crippen LogP contribution in [0.2, 0.25) is 0 Å². The monoisotopic (exact) mass is 286 g/mol. The summed E-state index contributed by atoms with van der Waals surface area (Å²) in [4.78, 5) is 12.1. The zero-order chi connectivity index (χ0) is 15.4. The normalized spacial score (nSPS) is 9.90. The number of hydrogen-bond acceptors (Lipinski definition) is 3. The molecule has 0 fully saturated rings. The minimum atomic E-state index is -0.503. The van der Waals surface area contributed by atoms with Gasteiger partial charge in [0.05, 0.1) is 23.9 Å². The topological polar surface area (TPSA) is 72.9 Å². The zero-order valence-electron chi connectivity index (χ0n) is 11.8. The van der Waals surface area contributed by atoms with Gasteiger partial charge in [-0.05, 0) is 25.1 Å². The Morgan fingerprint density at radius 3 is 2.86 bits per heavy atom. The standard InChI is InChI=1S/C15H15FN4O/c1-10-13(9-18-20(10)2)15(21)19-12-6-5-11(4-3-7-17)14(16)8-12/h5-6,8-9H,7,17H2,1-2H3,(H,19,21). The van der Waals surface area contributed by atoms with Gasteiger partial charge in [0.25, 0.3) is 5.91 Å². The lowest BCUT2D eigenvalue weighted by molar-refractivity contribution is 0.102. The van der Waals surface area contributed by atoms with Crippen molar-refractivity contribution in [3.8, 4) is 11.8 Å². The van der Waals surface area contributed by atoms with Crippen LogP contribution in [0.25, 0.3) is 0 Å². The van der Waals surface area contributed by atoms with Gasteiger partial charge in [-0.25, -0.2) is 4.39 Å². The largest absolute Gasteiger partial charge is 0.322 e. The first kappa shape index (κ1) is 14.8. The first-order valence-corrected chi connectivity index (χ1v) is 6.31. The van der Waals surface area contributed by atoms with E-state index in [1.165, 1.54) is 18.3 Å². The van der Waals surface area contributed by atoms with E-state index in [0.29, 0.717) is 11.3 Å². The number of hydrogen-bond donors (Lipinski definition) is 2. The van der Waals surface area contributed by atoms with Gasteiger partial charge < -0.3 is 11.1 Å². The van der Waals surface area contributed by atoms with Gasteiger partial charge in [0.1, 0.15) is 5.82 Å². The molecule has 2 aromatic rings. The van der Waals surface area contributed by atoms with Crippen LogP contribution in [0.3, 0.4) is 0 Å². The van der Waals surface area contributed by atoms with Gasteiger partial charge in [0, 0.05) is 18.4 Å². The molecule has 0 bridgehead atoms. The number of carbonyl (C=O) groups excluding carboxylic acids is 1. The third-order valence-corrected chi connectivity index (χ3v) is 3.03. The lowest BCUT2D eigenvalue weighted by Gasteiger charge is -2.05. The van der Waals surface area contributed by atoms with Gasteiger partial charge in [-0.2, -0.15) is 5.10 Å². The third-order valence-electron chi connectivity index (χ3n) is 3.03. The van der Waals surface area contributed by atoms with E-state index in [-0.39, 0.29) is 18.0 Å². The predicted octanol–water partition coefficient (Wildman–Crippen LogP) is 1.43. The second kappa shape index (κ2) is 6.20. The predicted molar refractivity (Wildman–Crippen MR) is 78.2 cm³/mol. The highest BCUT2D eigenvalue weighted by Gasteiger charge is 2.13. The number of amides is 1. The summed E-state index contributed by atoms with van der Waals surface area (Å²) in [5, 5.41) is 6.63. The van der Waals surface area contributed by atoms with Crippen LogP contribution in [0.1, 0.15) is 21.6 Å². The van der Waals surface area contributed by atoms with Gasteiger partial charge in [0.2, 0.25) is 0 Å². The van der Waals surface area contributed by atoms with Gasteiger partial charge in [-0.15, -0.1) is 0 Å². The van der Waals surface area contributed by atoms with Gasteiger partial charge >= 0.3 is 0 Å². The lowest BCUT2D eigenvalue weighted by atomic mass is 10.2. The first-order chi connectivity index (χ1) is 10.0. The Labute approximate surface area is 122 Å². The number of carbonyl (C=O) groups is 1. The minimum Gasteiger partial charge on any atom is -0.322 e. The molecule has 6 heteroatoms. The average Bonchev–Trinajstić information content (AvgIpc) is 2.78. The van der Waals surface area contributed by atoms with Gasteiger partial charge in [-0.1, -0.05) is 11.8 Å². The highest BCUT2D eigenvalue weighted by molar-refractivity contribution is 6.04. The van der Waals surface area contributed by atoms with Crippen molar-refractivity contribution >= 4 is 11.6 Å². The molecule has 1 aromatic carbocycles. The van der Waals surface area contributed by atoms with Crippen LogP contribution in [-0.2, 0) is 7.05 Å². The van der Waals surface area contributed by atoms with Crippen LogP contribution in [0.15, 0.2) is 24.4 Å². The van der Waals surface area contributed by atoms with Gasteiger partial charge in [-0.3, -0.25) is 9.48 Å². The van der Waals surface area contributed by atoms with Crippen LogP contribution in [0.5, 0.6) is 0 Å². The number of anilines is 1. The van der Waals surface area contributed by atoms with Gasteiger partial charge in [0.15, 0.2) is 0 Å². The molecule has 0 radical (unpaired) electrons. The van der Waals surface area contributed by atoms with E-state index in [0.717, 1.165) is 5.69 Å². The fourth-order valence-corrected chi connectivity index (χ4v) is 1.76. The molecule has 1 amide bonds. The van der Waals surface area contributed by atoms with E-state index in [2.05, 4.69) is 22.3 Å². The SMILES string of the molecule is Cc1c(C(=O)Nc2ccc(C#CCN)c(F)c2)cnn1C. The molecule has 108 valence electrons. The molecular weight excluding hydrogens is 271 g/mol. The van der Waals surface area contributed by atoms with Crippen molar-refractivity contribution in [2.75, 3.05) is 11.9 Å². The van der Waals surface area contributed by atoms with Crippen molar-refractivity contribution in [3.05, 3.63) is 47.0 Å². The maximum Gasteiger partial charge on any atom is 0.259 e. The summed E-state index contributed by atoms with van der Waals surface area (Å²) >= 11 is 0. The molecule has 2 rings (SSSR count). The van der Waals surface area contributed by atoms with Crippen LogP contribution >= 0.6 is 0 Å². The molecule has 0 saturated heterocycles. The van der Waals surface area contributed by atoms with E-state index < -0.39 is 5.82 Å². The summed E-state index contributed by atoms with van der Waals surface area (Å²) in [6.45, 7) is 1.95. The number of nitrogens with one attached hydrogen (secondary N) is 1. The van der Waals surface area contributed by atoms with Crippen molar-refractivity contribution in [2.45, 2.75) is 6.92 Å². The Morgan fingerprint density at radius 2 is 2.29 bits per heavy atom. The van der Waals surface area contributed by atoms with Crippen LogP contribution in [-0.4, -0.2) is 22.2 Å². The minimum absolute atomic E-state index is 0.165. The molecule has 0 atom stereocenters. The van der Waals surface area contributed by atoms with E-state index in [4.69, 9.17) is 5.73 Å². The number of halogens is 1. The number of benzene rings is 1. The van der Waals surface area contributed by atoms with E-state index in [1.807, 2.05) is 0 Å². The van der Waals surface area contributed by atoms with Crippen molar-refractivity contribution in [1.29, 1.82) is 0 Å². The number of aromatic nitrogens is 2. The maximum absolute atomic E-state index is 13.8. The Bertz CT molecular complexity index is 740. The van der Waals surface area contributed by atoms with Crippen LogP contribution in [0.4, 0.5) is 10.1 Å². The summed E-state index contributed by atoms with van der Waals surface area (Å²) in [6, 6.07) is 4.32. The Balaban J connectivity index is 2.19. The molecule has 0 unspecified atom stereocenters. The van der Waals surface area contributed by atoms with Crippen molar-refractivity contribution in [2.24, 2.45) is 12.8 Å². The lowest BCUT2D eigenvalue weighted by Crippen LogP contribution is -2.13. The molecule has 1 aromatic heterocycles. The first-order valence-electron chi connectivity index (χ1n) is 6.31. The van der Waals surface area contributed by atoms with E-state index >= 15 is 0 Å². The molecule has 0 saturated carbocycles. The summed E-state index contributed by atoms with van der Waals surface area (Å²) < 4.78 is 15.4. The number of nitrogens with two attached hydrogens (primary N) is 1. The molecule has 0 aliphatic carbocycles. The second-order valence-electron chi connectivity index (χ2n) is 4.42. The molecule has 0 aliphatic heterocycles. The molecule has 0 aliphatic rings. The molecule has 21 heavy (non-hydrogen) atoms. The number of nitrogens with zero attached hydrogens (tertiary/aromatic N) is 2. The summed E-state index contributed by atoms with van der Waals surface area (Å²) in [5.41, 5.74) is 7.03. The Kier molecular flexibility index (Phi) is 4.36. The highest BCUT2D eigenvalue weighted by Crippen LogP contribution is 2.16. The number of rotatable bonds is 2. The average molecular weight is 286 g/mol. The molecule has 3 N–H and O–H groups in total. The zero-order valence-corrected chi connectivity index (χ0v) is 11.8. The molecular formula is C15H15FN4O. The molecule has 0 spiro atoms. The Morgan fingerprint density at radius 1 is 1.52 bits per heavy atom. The van der Waals surface area contributed by atoms with E-state index in [1.54, 1.807) is 24.7 Å². The quantitative estimate of drug-likeness (QED) is 0.820.